The van der Waals surface area contributed by atoms with Crippen molar-refractivity contribution in [3.8, 4) is 11.5 Å². The second-order valence-electron chi connectivity index (χ2n) is 6.47. The number of carbonyl (C=O) groups is 1. The lowest BCUT2D eigenvalue weighted by Gasteiger charge is -2.11. The molecule has 150 valence electrons. The van der Waals surface area contributed by atoms with E-state index in [0.29, 0.717) is 18.0 Å². The average molecular weight is 405 g/mol. The lowest BCUT2D eigenvalue weighted by Crippen LogP contribution is -2.15. The van der Waals surface area contributed by atoms with Crippen molar-refractivity contribution in [3.63, 3.8) is 0 Å². The van der Waals surface area contributed by atoms with Crippen LogP contribution >= 0.6 is 0 Å². The van der Waals surface area contributed by atoms with E-state index in [1.165, 1.54) is 12.1 Å². The van der Waals surface area contributed by atoms with Crippen LogP contribution in [0.1, 0.15) is 16.1 Å². The summed E-state index contributed by atoms with van der Waals surface area (Å²) >= 11 is 0. The molecule has 0 fully saturated rings. The molecule has 1 aromatic heterocycles. The zero-order valence-electron chi connectivity index (χ0n) is 15.8. The molecule has 0 radical (unpaired) electrons. The molecule has 7 heteroatoms. The summed E-state index contributed by atoms with van der Waals surface area (Å²) in [4.78, 5) is 12.3. The van der Waals surface area contributed by atoms with Crippen LogP contribution in [0.3, 0.4) is 0 Å². The van der Waals surface area contributed by atoms with Gasteiger partial charge in [0.2, 0.25) is 0 Å². The largest absolute Gasteiger partial charge is 0.457 e. The summed E-state index contributed by atoms with van der Waals surface area (Å²) in [7, 11) is 0. The van der Waals surface area contributed by atoms with Crippen molar-refractivity contribution < 1.29 is 18.3 Å². The highest BCUT2D eigenvalue weighted by Gasteiger charge is 2.16. The number of nitrogens with one attached hydrogen (secondary N) is 1. The van der Waals surface area contributed by atoms with Crippen molar-refractivity contribution in [3.05, 3.63) is 108 Å². The molecule has 0 aliphatic heterocycles. The van der Waals surface area contributed by atoms with Gasteiger partial charge in [-0.15, -0.1) is 0 Å². The minimum atomic E-state index is -0.852. The standard InChI is InChI=1S/C23H17F2N3O2/c24-18-10-6-11-19(25)22(18)26-23(29)20-13-14-28(27-20)15-16-7-4-5-12-21(16)30-17-8-2-1-3-9-17/h1-14H,15H2,(H,26,29). The second-order valence-corrected chi connectivity index (χ2v) is 6.47. The number of rotatable bonds is 6. The highest BCUT2D eigenvalue weighted by molar-refractivity contribution is 6.02. The number of halogens is 2. The number of aromatic nitrogens is 2. The molecule has 0 saturated heterocycles. The highest BCUT2D eigenvalue weighted by atomic mass is 19.1. The Morgan fingerprint density at radius 2 is 1.60 bits per heavy atom. The summed E-state index contributed by atoms with van der Waals surface area (Å²) in [6.07, 6.45) is 1.62. The quantitative estimate of drug-likeness (QED) is 0.476. The van der Waals surface area contributed by atoms with E-state index in [2.05, 4.69) is 10.4 Å². The van der Waals surface area contributed by atoms with Gasteiger partial charge in [0.15, 0.2) is 5.69 Å². The van der Waals surface area contributed by atoms with Gasteiger partial charge in [-0.1, -0.05) is 42.5 Å². The summed E-state index contributed by atoms with van der Waals surface area (Å²) in [6.45, 7) is 0.352. The maximum atomic E-state index is 13.7. The maximum Gasteiger partial charge on any atom is 0.276 e. The van der Waals surface area contributed by atoms with Gasteiger partial charge < -0.3 is 10.1 Å². The molecule has 0 aliphatic rings. The Morgan fingerprint density at radius 1 is 0.900 bits per heavy atom. The molecule has 4 rings (SSSR count). The number of nitrogens with zero attached hydrogens (tertiary/aromatic N) is 2. The molecule has 0 atom stereocenters. The molecule has 3 aromatic carbocycles. The summed E-state index contributed by atoms with van der Waals surface area (Å²) < 4.78 is 35.0. The molecule has 1 amide bonds. The van der Waals surface area contributed by atoms with Crippen LogP contribution in [0.25, 0.3) is 0 Å². The topological polar surface area (TPSA) is 56.2 Å². The van der Waals surface area contributed by atoms with Crippen LogP contribution in [0, 0.1) is 11.6 Å². The minimum Gasteiger partial charge on any atom is -0.457 e. The monoisotopic (exact) mass is 405 g/mol. The Hall–Kier alpha value is -4.00. The second kappa shape index (κ2) is 8.57. The Labute approximate surface area is 171 Å². The van der Waals surface area contributed by atoms with E-state index >= 15 is 0 Å². The van der Waals surface area contributed by atoms with Gasteiger partial charge in [-0.2, -0.15) is 5.10 Å². The number of hydrogen-bond acceptors (Lipinski definition) is 3. The van der Waals surface area contributed by atoms with Crippen LogP contribution in [0.2, 0.25) is 0 Å². The number of ether oxygens (including phenoxy) is 1. The molecule has 5 nitrogen and oxygen atoms in total. The molecule has 4 aromatic rings. The fourth-order valence-electron chi connectivity index (χ4n) is 2.89. The van der Waals surface area contributed by atoms with E-state index in [1.54, 1.807) is 10.9 Å². The van der Waals surface area contributed by atoms with Gasteiger partial charge in [-0.05, 0) is 36.4 Å². The van der Waals surface area contributed by atoms with Gasteiger partial charge in [0, 0.05) is 11.8 Å². The van der Waals surface area contributed by atoms with Crippen molar-refractivity contribution in [2.75, 3.05) is 5.32 Å². The Kier molecular flexibility index (Phi) is 5.52. The molecule has 0 bridgehead atoms. The van der Waals surface area contributed by atoms with Crippen molar-refractivity contribution >= 4 is 11.6 Å². The minimum absolute atomic E-state index is 0.0408. The molecule has 1 N–H and O–H groups in total. The third-order valence-corrected chi connectivity index (χ3v) is 4.35. The van der Waals surface area contributed by atoms with Gasteiger partial charge in [0.25, 0.3) is 5.91 Å². The van der Waals surface area contributed by atoms with Gasteiger partial charge in [0.1, 0.15) is 28.8 Å². The first kappa shape index (κ1) is 19.3. The molecular formula is C23H17F2N3O2. The van der Waals surface area contributed by atoms with E-state index in [4.69, 9.17) is 4.74 Å². The van der Waals surface area contributed by atoms with E-state index in [1.807, 2.05) is 54.6 Å². The first-order valence-electron chi connectivity index (χ1n) is 9.20. The smallest absolute Gasteiger partial charge is 0.276 e. The van der Waals surface area contributed by atoms with Crippen LogP contribution in [0.4, 0.5) is 14.5 Å². The molecule has 0 aliphatic carbocycles. The van der Waals surface area contributed by atoms with Crippen LogP contribution < -0.4 is 10.1 Å². The summed E-state index contributed by atoms with van der Waals surface area (Å²) in [6, 6.07) is 21.7. The number of anilines is 1. The Morgan fingerprint density at radius 3 is 2.37 bits per heavy atom. The van der Waals surface area contributed by atoms with Crippen LogP contribution in [0.15, 0.2) is 85.1 Å². The third-order valence-electron chi connectivity index (χ3n) is 4.35. The molecule has 0 saturated carbocycles. The third kappa shape index (κ3) is 4.35. The van der Waals surface area contributed by atoms with E-state index in [0.717, 1.165) is 17.7 Å². The van der Waals surface area contributed by atoms with Crippen LogP contribution in [0.5, 0.6) is 11.5 Å². The number of benzene rings is 3. The van der Waals surface area contributed by atoms with Crippen LogP contribution in [-0.2, 0) is 6.54 Å². The summed E-state index contributed by atoms with van der Waals surface area (Å²) in [5.41, 5.74) is 0.398. The van der Waals surface area contributed by atoms with E-state index in [9.17, 15) is 13.6 Å². The lowest BCUT2D eigenvalue weighted by molar-refractivity contribution is 0.102. The van der Waals surface area contributed by atoms with E-state index in [-0.39, 0.29) is 5.69 Å². The number of carbonyl (C=O) groups excluding carboxylic acids is 1. The number of para-hydroxylation sites is 3. The van der Waals surface area contributed by atoms with Gasteiger partial charge in [-0.25, -0.2) is 8.78 Å². The highest BCUT2D eigenvalue weighted by Crippen LogP contribution is 2.25. The van der Waals surface area contributed by atoms with Crippen molar-refractivity contribution in [2.24, 2.45) is 0 Å². The molecule has 30 heavy (non-hydrogen) atoms. The zero-order chi connectivity index (χ0) is 20.9. The van der Waals surface area contributed by atoms with Crippen molar-refractivity contribution in [2.45, 2.75) is 6.54 Å². The zero-order valence-corrected chi connectivity index (χ0v) is 15.8. The predicted molar refractivity (Wildman–Crippen MR) is 109 cm³/mol. The normalized spacial score (nSPS) is 10.6. The molecule has 0 unspecified atom stereocenters. The van der Waals surface area contributed by atoms with Gasteiger partial charge in [0.05, 0.1) is 6.54 Å². The predicted octanol–water partition coefficient (Wildman–Crippen LogP) is 5.25. The fourth-order valence-corrected chi connectivity index (χ4v) is 2.89. The molecular weight excluding hydrogens is 388 g/mol. The summed E-state index contributed by atoms with van der Waals surface area (Å²) in [5.74, 6) is -1.04. The number of hydrogen-bond donors (Lipinski definition) is 1. The lowest BCUT2D eigenvalue weighted by atomic mass is 10.2. The first-order valence-corrected chi connectivity index (χ1v) is 9.20. The van der Waals surface area contributed by atoms with Gasteiger partial charge in [-0.3, -0.25) is 9.48 Å². The maximum absolute atomic E-state index is 13.7. The Bertz CT molecular complexity index is 1160. The average Bonchev–Trinajstić information content (AvgIpc) is 3.22. The van der Waals surface area contributed by atoms with Crippen LogP contribution in [-0.4, -0.2) is 15.7 Å². The first-order chi connectivity index (χ1) is 14.6. The summed E-state index contributed by atoms with van der Waals surface area (Å²) in [5, 5.41) is 6.44. The molecule has 0 spiro atoms. The molecule has 1 heterocycles. The SMILES string of the molecule is O=C(Nc1c(F)cccc1F)c1ccn(Cc2ccccc2Oc2ccccc2)n1. The Balaban J connectivity index is 1.49. The van der Waals surface area contributed by atoms with Crippen molar-refractivity contribution in [1.29, 1.82) is 0 Å². The van der Waals surface area contributed by atoms with E-state index < -0.39 is 23.2 Å². The van der Waals surface area contributed by atoms with Gasteiger partial charge >= 0.3 is 0 Å². The fraction of sp³-hybridized carbons (Fsp3) is 0.0435. The van der Waals surface area contributed by atoms with Crippen molar-refractivity contribution in [1.82, 2.24) is 9.78 Å². The number of amides is 1.